The Labute approximate surface area is 82.5 Å². The maximum atomic E-state index is 3.84. The number of piperazine rings is 1. The molecule has 3 heteroatoms. The molecule has 0 radical (unpaired) electrons. The van der Waals surface area contributed by atoms with Crippen LogP contribution in [0.5, 0.6) is 0 Å². The second-order valence-electron chi connectivity index (χ2n) is 2.42. The van der Waals surface area contributed by atoms with E-state index in [4.69, 9.17) is 0 Å². The Balaban J connectivity index is 0.000000640. The summed E-state index contributed by atoms with van der Waals surface area (Å²) in [5.74, 6) is 0. The van der Waals surface area contributed by atoms with E-state index in [0.29, 0.717) is 0 Å². The fourth-order valence-corrected chi connectivity index (χ4v) is 0.848. The van der Waals surface area contributed by atoms with E-state index in [1.165, 1.54) is 13.1 Å². The van der Waals surface area contributed by atoms with Gasteiger partial charge in [-0.3, -0.25) is 7.05 Å². The zero-order valence-corrected chi connectivity index (χ0v) is 8.85. The van der Waals surface area contributed by atoms with E-state index in [-0.39, 0.29) is 32.7 Å². The van der Waals surface area contributed by atoms with Crippen LogP contribution in [0.2, 0.25) is 0 Å². The molecule has 2 nitrogen and oxygen atoms in total. The van der Waals surface area contributed by atoms with Crippen LogP contribution in [-0.2, 0) is 32.7 Å². The summed E-state index contributed by atoms with van der Waals surface area (Å²) in [7, 11) is 5.98. The molecule has 0 unspecified atom stereocenters. The fraction of sp³-hybridized carbons (Fsp3) is 0.833. The standard InChI is InChI=1S/C6H13N2.Y/c1-7-3-5-8(2)6-4-7;/h1,3-6H2,2H3;/q-1;+3. The van der Waals surface area contributed by atoms with Crippen molar-refractivity contribution in [3.8, 4) is 0 Å². The van der Waals surface area contributed by atoms with Crippen molar-refractivity contribution in [3.63, 3.8) is 0 Å². The Morgan fingerprint density at radius 2 is 1.56 bits per heavy atom. The van der Waals surface area contributed by atoms with Gasteiger partial charge in [-0.2, -0.15) is 0 Å². The van der Waals surface area contributed by atoms with Crippen LogP contribution >= 0.6 is 0 Å². The molecule has 48 valence electrons. The molecular formula is C6H13N2Y+2. The van der Waals surface area contributed by atoms with E-state index in [1.807, 2.05) is 0 Å². The quantitative estimate of drug-likeness (QED) is 0.511. The second-order valence-corrected chi connectivity index (χ2v) is 2.42. The van der Waals surface area contributed by atoms with Gasteiger partial charge in [-0.05, 0) is 20.1 Å². The topological polar surface area (TPSA) is 6.48 Å². The minimum atomic E-state index is 0. The van der Waals surface area contributed by atoms with Crippen LogP contribution < -0.4 is 0 Å². The Morgan fingerprint density at radius 3 is 1.89 bits per heavy atom. The van der Waals surface area contributed by atoms with E-state index in [1.54, 1.807) is 0 Å². The van der Waals surface area contributed by atoms with Crippen LogP contribution in [0.4, 0.5) is 0 Å². The Morgan fingerprint density at radius 1 is 1.11 bits per heavy atom. The summed E-state index contributed by atoms with van der Waals surface area (Å²) in [4.78, 5) is 4.43. The van der Waals surface area contributed by atoms with Gasteiger partial charge in [0.05, 0.1) is 0 Å². The summed E-state index contributed by atoms with van der Waals surface area (Å²) < 4.78 is 0. The Bertz CT molecular complexity index is 59.5. The normalized spacial score (nSPS) is 23.3. The molecule has 1 rings (SSSR count). The van der Waals surface area contributed by atoms with Crippen LogP contribution in [0.1, 0.15) is 0 Å². The molecule has 0 aromatic heterocycles. The summed E-state index contributed by atoms with van der Waals surface area (Å²) >= 11 is 0. The van der Waals surface area contributed by atoms with Gasteiger partial charge in [0.25, 0.3) is 0 Å². The van der Waals surface area contributed by atoms with Gasteiger partial charge < -0.3 is 9.80 Å². The summed E-state index contributed by atoms with van der Waals surface area (Å²) in [6, 6.07) is 0. The van der Waals surface area contributed by atoms with E-state index in [9.17, 15) is 0 Å². The van der Waals surface area contributed by atoms with Gasteiger partial charge in [-0.1, -0.05) is 0 Å². The van der Waals surface area contributed by atoms with Crippen LogP contribution in [0.25, 0.3) is 0 Å². The van der Waals surface area contributed by atoms with E-state index in [0.717, 1.165) is 13.1 Å². The van der Waals surface area contributed by atoms with Gasteiger partial charge in [0, 0.05) is 13.1 Å². The molecule has 0 amide bonds. The molecule has 0 aliphatic carbocycles. The summed E-state index contributed by atoms with van der Waals surface area (Å²) in [6.07, 6.45) is 0. The first-order valence-corrected chi connectivity index (χ1v) is 3.03. The van der Waals surface area contributed by atoms with Gasteiger partial charge in [0.1, 0.15) is 0 Å². The average Bonchev–Trinajstić information content (AvgIpc) is 1.77. The van der Waals surface area contributed by atoms with E-state index in [2.05, 4.69) is 23.9 Å². The number of nitrogens with zero attached hydrogens (tertiary/aromatic N) is 2. The third-order valence-electron chi connectivity index (χ3n) is 1.60. The fourth-order valence-electron chi connectivity index (χ4n) is 0.848. The monoisotopic (exact) mass is 202 g/mol. The number of hydrogen-bond donors (Lipinski definition) is 0. The minimum Gasteiger partial charge on any atom is -0.457 e. The zero-order valence-electron chi connectivity index (χ0n) is 6.01. The van der Waals surface area contributed by atoms with Crippen molar-refractivity contribution < 1.29 is 32.7 Å². The van der Waals surface area contributed by atoms with E-state index < -0.39 is 0 Å². The Kier molecular flexibility index (Phi) is 5.32. The largest absolute Gasteiger partial charge is 3.00 e. The molecule has 1 aliphatic heterocycles. The predicted molar refractivity (Wildman–Crippen MR) is 34.4 cm³/mol. The molecule has 0 bridgehead atoms. The first-order valence-electron chi connectivity index (χ1n) is 3.03. The number of likely N-dealkylation sites (N-methyl/N-ethyl adjacent to an activating group) is 1. The van der Waals surface area contributed by atoms with Gasteiger partial charge in [0.15, 0.2) is 0 Å². The molecule has 1 aliphatic rings. The first-order chi connectivity index (χ1) is 3.79. The van der Waals surface area contributed by atoms with Gasteiger partial charge in [-0.25, -0.2) is 0 Å². The molecule has 1 saturated heterocycles. The summed E-state index contributed by atoms with van der Waals surface area (Å²) in [6.45, 7) is 4.58. The van der Waals surface area contributed by atoms with Crippen LogP contribution in [-0.4, -0.2) is 43.0 Å². The molecule has 0 aromatic rings. The van der Waals surface area contributed by atoms with Gasteiger partial charge >= 0.3 is 32.7 Å². The minimum absolute atomic E-state index is 0. The third kappa shape index (κ3) is 3.66. The molecule has 1 fully saturated rings. The number of rotatable bonds is 0. The Hall–Kier alpha value is 1.02. The molecule has 0 N–H and O–H groups in total. The van der Waals surface area contributed by atoms with Gasteiger partial charge in [0.2, 0.25) is 0 Å². The summed E-state index contributed by atoms with van der Waals surface area (Å²) in [5, 5.41) is 0. The molecule has 0 atom stereocenters. The zero-order chi connectivity index (χ0) is 5.98. The van der Waals surface area contributed by atoms with E-state index >= 15 is 0 Å². The number of hydrogen-bond acceptors (Lipinski definition) is 2. The van der Waals surface area contributed by atoms with Crippen LogP contribution in [0, 0.1) is 7.05 Å². The van der Waals surface area contributed by atoms with Crippen molar-refractivity contribution in [1.29, 1.82) is 0 Å². The van der Waals surface area contributed by atoms with Crippen molar-refractivity contribution >= 4 is 0 Å². The van der Waals surface area contributed by atoms with Crippen molar-refractivity contribution in [3.05, 3.63) is 7.05 Å². The molecule has 0 spiro atoms. The van der Waals surface area contributed by atoms with Crippen molar-refractivity contribution in [2.45, 2.75) is 0 Å². The predicted octanol–water partition coefficient (Wildman–Crippen LogP) is 0.0229. The molecule has 9 heavy (non-hydrogen) atoms. The average molecular weight is 202 g/mol. The maximum Gasteiger partial charge on any atom is 3.00 e. The molecule has 1 heterocycles. The van der Waals surface area contributed by atoms with Crippen molar-refractivity contribution in [1.82, 2.24) is 9.80 Å². The molecule has 0 saturated carbocycles. The maximum absolute atomic E-state index is 3.84. The van der Waals surface area contributed by atoms with Gasteiger partial charge in [-0.15, -0.1) is 0 Å². The van der Waals surface area contributed by atoms with Crippen molar-refractivity contribution in [2.75, 3.05) is 33.2 Å². The first kappa shape index (κ1) is 10.0. The van der Waals surface area contributed by atoms with Crippen molar-refractivity contribution in [2.24, 2.45) is 0 Å². The molecule has 0 aromatic carbocycles. The second kappa shape index (κ2) is 4.78. The third-order valence-corrected chi connectivity index (χ3v) is 1.60. The smallest absolute Gasteiger partial charge is 0.457 e. The van der Waals surface area contributed by atoms with Crippen LogP contribution in [0.3, 0.4) is 0 Å². The van der Waals surface area contributed by atoms with Crippen LogP contribution in [0.15, 0.2) is 0 Å². The summed E-state index contributed by atoms with van der Waals surface area (Å²) in [5.41, 5.74) is 0. The SMILES string of the molecule is [CH2-]N1CCN(C)CC1.[Y+3]. The molecular weight excluding hydrogens is 189 g/mol.